The molecule has 0 aromatic rings. The van der Waals surface area contributed by atoms with E-state index in [9.17, 15) is 0 Å². The Balaban J connectivity index is 2.40. The summed E-state index contributed by atoms with van der Waals surface area (Å²) in [4.78, 5) is 3.90. The van der Waals surface area contributed by atoms with Crippen molar-refractivity contribution in [3.05, 3.63) is 0 Å². The number of aliphatic imine (C=N–C) groups is 1. The zero-order chi connectivity index (χ0) is 8.97. The Morgan fingerprint density at radius 2 is 2.33 bits per heavy atom. The van der Waals surface area contributed by atoms with Gasteiger partial charge in [0.2, 0.25) is 0 Å². The van der Waals surface area contributed by atoms with E-state index in [0.717, 1.165) is 5.92 Å². The molecule has 0 heterocycles. The monoisotopic (exact) mass is 169 g/mol. The molecule has 0 saturated heterocycles. The first-order valence-corrected chi connectivity index (χ1v) is 4.76. The first-order chi connectivity index (χ1) is 5.77. The lowest BCUT2D eigenvalue weighted by atomic mass is 10.0. The van der Waals surface area contributed by atoms with E-state index in [4.69, 9.17) is 5.73 Å². The molecule has 70 valence electrons. The smallest absolute Gasteiger partial charge is 0.188 e. The molecule has 2 atom stereocenters. The number of nitrogens with two attached hydrogens (primary N) is 1. The van der Waals surface area contributed by atoms with Crippen molar-refractivity contribution in [2.24, 2.45) is 16.6 Å². The summed E-state index contributed by atoms with van der Waals surface area (Å²) in [6, 6.07) is 0.568. The second-order valence-electron chi connectivity index (χ2n) is 3.46. The molecular formula is C9H19N3. The Bertz CT molecular complexity index is 165. The van der Waals surface area contributed by atoms with E-state index in [1.165, 1.54) is 25.7 Å². The third-order valence-corrected chi connectivity index (χ3v) is 2.76. The standard InChI is InChI=1S/C9H19N3/c1-3-7-5-4-6-8(7)12-9(10)11-2/h7-8H,3-6H2,1-2H3,(H3,10,11,12). The first-order valence-electron chi connectivity index (χ1n) is 4.76. The van der Waals surface area contributed by atoms with Gasteiger partial charge in [0.1, 0.15) is 0 Å². The van der Waals surface area contributed by atoms with E-state index in [-0.39, 0.29) is 0 Å². The van der Waals surface area contributed by atoms with Crippen molar-refractivity contribution in [2.75, 3.05) is 7.05 Å². The maximum Gasteiger partial charge on any atom is 0.188 e. The van der Waals surface area contributed by atoms with Gasteiger partial charge in [-0.05, 0) is 18.8 Å². The average Bonchev–Trinajstić information content (AvgIpc) is 2.51. The minimum Gasteiger partial charge on any atom is -0.370 e. The highest BCUT2D eigenvalue weighted by atomic mass is 15.1. The van der Waals surface area contributed by atoms with E-state index >= 15 is 0 Å². The van der Waals surface area contributed by atoms with Crippen LogP contribution in [0.5, 0.6) is 0 Å². The van der Waals surface area contributed by atoms with Gasteiger partial charge in [-0.1, -0.05) is 19.8 Å². The fourth-order valence-corrected chi connectivity index (χ4v) is 1.97. The summed E-state index contributed by atoms with van der Waals surface area (Å²) in [6.07, 6.45) is 5.15. The summed E-state index contributed by atoms with van der Waals surface area (Å²) in [7, 11) is 1.72. The van der Waals surface area contributed by atoms with Crippen LogP contribution in [0.1, 0.15) is 32.6 Å². The summed E-state index contributed by atoms with van der Waals surface area (Å²) in [5, 5.41) is 3.26. The van der Waals surface area contributed by atoms with Gasteiger partial charge in [0.25, 0.3) is 0 Å². The molecule has 1 saturated carbocycles. The Hall–Kier alpha value is -0.730. The van der Waals surface area contributed by atoms with Crippen molar-refractivity contribution >= 4 is 5.96 Å². The second-order valence-corrected chi connectivity index (χ2v) is 3.46. The fraction of sp³-hybridized carbons (Fsp3) is 0.889. The lowest BCUT2D eigenvalue weighted by molar-refractivity contribution is 0.435. The number of hydrogen-bond donors (Lipinski definition) is 2. The van der Waals surface area contributed by atoms with Crippen molar-refractivity contribution in [3.8, 4) is 0 Å². The number of hydrogen-bond acceptors (Lipinski definition) is 1. The summed E-state index contributed by atoms with van der Waals surface area (Å²) in [6.45, 7) is 2.24. The molecule has 1 rings (SSSR count). The predicted molar refractivity (Wildman–Crippen MR) is 52.1 cm³/mol. The molecular weight excluding hydrogens is 150 g/mol. The molecule has 2 unspecified atom stereocenters. The fourth-order valence-electron chi connectivity index (χ4n) is 1.97. The molecule has 0 aromatic carbocycles. The van der Waals surface area contributed by atoms with Crippen molar-refractivity contribution < 1.29 is 0 Å². The number of rotatable bonds is 2. The van der Waals surface area contributed by atoms with Crippen molar-refractivity contribution in [3.63, 3.8) is 0 Å². The third-order valence-electron chi connectivity index (χ3n) is 2.76. The molecule has 3 nitrogen and oxygen atoms in total. The van der Waals surface area contributed by atoms with E-state index in [1.807, 2.05) is 0 Å². The predicted octanol–water partition coefficient (Wildman–Crippen LogP) is 1.10. The van der Waals surface area contributed by atoms with Crippen LogP contribution in [-0.4, -0.2) is 19.0 Å². The van der Waals surface area contributed by atoms with Crippen molar-refractivity contribution in [1.82, 2.24) is 5.32 Å². The van der Waals surface area contributed by atoms with E-state index in [2.05, 4.69) is 17.2 Å². The van der Waals surface area contributed by atoms with Crippen LogP contribution in [-0.2, 0) is 0 Å². The van der Waals surface area contributed by atoms with Crippen LogP contribution >= 0.6 is 0 Å². The quantitative estimate of drug-likeness (QED) is 0.480. The highest BCUT2D eigenvalue weighted by molar-refractivity contribution is 5.78. The van der Waals surface area contributed by atoms with Gasteiger partial charge < -0.3 is 11.1 Å². The van der Waals surface area contributed by atoms with Crippen LogP contribution in [0.2, 0.25) is 0 Å². The van der Waals surface area contributed by atoms with Gasteiger partial charge in [0.05, 0.1) is 0 Å². The molecule has 3 heteroatoms. The van der Waals surface area contributed by atoms with Gasteiger partial charge in [-0.3, -0.25) is 4.99 Å². The Kier molecular flexibility index (Phi) is 3.38. The van der Waals surface area contributed by atoms with Gasteiger partial charge in [-0.25, -0.2) is 0 Å². The average molecular weight is 169 g/mol. The molecule has 12 heavy (non-hydrogen) atoms. The molecule has 1 fully saturated rings. The summed E-state index contributed by atoms with van der Waals surface area (Å²) in [5.74, 6) is 1.38. The highest BCUT2D eigenvalue weighted by Crippen LogP contribution is 2.27. The molecule has 0 aromatic heterocycles. The lowest BCUT2D eigenvalue weighted by Gasteiger charge is -2.19. The Labute approximate surface area is 74.4 Å². The number of guanidine groups is 1. The van der Waals surface area contributed by atoms with E-state index in [1.54, 1.807) is 7.05 Å². The molecule has 0 spiro atoms. The van der Waals surface area contributed by atoms with Gasteiger partial charge in [0, 0.05) is 13.1 Å². The first kappa shape index (κ1) is 9.36. The lowest BCUT2D eigenvalue weighted by Crippen LogP contribution is -2.41. The summed E-state index contributed by atoms with van der Waals surface area (Å²) >= 11 is 0. The maximum atomic E-state index is 5.61. The van der Waals surface area contributed by atoms with Crippen LogP contribution in [0.15, 0.2) is 4.99 Å². The molecule has 3 N–H and O–H groups in total. The highest BCUT2D eigenvalue weighted by Gasteiger charge is 2.25. The minimum absolute atomic E-state index is 0.568. The second kappa shape index (κ2) is 4.33. The molecule has 0 amide bonds. The molecule has 0 bridgehead atoms. The zero-order valence-electron chi connectivity index (χ0n) is 8.01. The van der Waals surface area contributed by atoms with Gasteiger partial charge in [0.15, 0.2) is 5.96 Å². The minimum atomic E-state index is 0.568. The van der Waals surface area contributed by atoms with Crippen molar-refractivity contribution in [1.29, 1.82) is 0 Å². The van der Waals surface area contributed by atoms with E-state index in [0.29, 0.717) is 12.0 Å². The Morgan fingerprint density at radius 3 is 2.92 bits per heavy atom. The van der Waals surface area contributed by atoms with Crippen LogP contribution in [0.4, 0.5) is 0 Å². The zero-order valence-corrected chi connectivity index (χ0v) is 8.01. The summed E-state index contributed by atoms with van der Waals surface area (Å²) < 4.78 is 0. The van der Waals surface area contributed by atoms with Crippen LogP contribution in [0.3, 0.4) is 0 Å². The molecule has 1 aliphatic rings. The largest absolute Gasteiger partial charge is 0.370 e. The van der Waals surface area contributed by atoms with E-state index < -0.39 is 0 Å². The third kappa shape index (κ3) is 2.13. The van der Waals surface area contributed by atoms with Gasteiger partial charge >= 0.3 is 0 Å². The van der Waals surface area contributed by atoms with Crippen LogP contribution < -0.4 is 11.1 Å². The molecule has 0 radical (unpaired) electrons. The maximum absolute atomic E-state index is 5.61. The number of nitrogens with one attached hydrogen (secondary N) is 1. The molecule has 0 aliphatic heterocycles. The van der Waals surface area contributed by atoms with Crippen LogP contribution in [0.25, 0.3) is 0 Å². The molecule has 1 aliphatic carbocycles. The Morgan fingerprint density at radius 1 is 1.58 bits per heavy atom. The summed E-state index contributed by atoms with van der Waals surface area (Å²) in [5.41, 5.74) is 5.61. The van der Waals surface area contributed by atoms with Gasteiger partial charge in [-0.2, -0.15) is 0 Å². The van der Waals surface area contributed by atoms with Gasteiger partial charge in [-0.15, -0.1) is 0 Å². The topological polar surface area (TPSA) is 50.4 Å². The SMILES string of the molecule is CCC1CCCC1NC(N)=NC. The van der Waals surface area contributed by atoms with Crippen molar-refractivity contribution in [2.45, 2.75) is 38.6 Å². The van der Waals surface area contributed by atoms with Crippen LogP contribution in [0, 0.1) is 5.92 Å². The normalized spacial score (nSPS) is 30.7. The number of nitrogens with zero attached hydrogens (tertiary/aromatic N) is 1.